The molecule has 0 unspecified atom stereocenters. The maximum absolute atomic E-state index is 10.5. The van der Waals surface area contributed by atoms with Crippen LogP contribution in [0.15, 0.2) is 48.6 Å². The lowest BCUT2D eigenvalue weighted by Crippen LogP contribution is -2.06. The van der Waals surface area contributed by atoms with Gasteiger partial charge in [0.1, 0.15) is 0 Å². The van der Waals surface area contributed by atoms with Crippen molar-refractivity contribution in [3.05, 3.63) is 59.7 Å². The lowest BCUT2D eigenvalue weighted by molar-refractivity contribution is -0.133. The van der Waals surface area contributed by atoms with E-state index in [0.29, 0.717) is 0 Å². The van der Waals surface area contributed by atoms with Gasteiger partial charge in [-0.3, -0.25) is 0 Å². The molecule has 0 saturated carbocycles. The van der Waals surface area contributed by atoms with Crippen LogP contribution in [0.1, 0.15) is 34.6 Å². The zero-order valence-electron chi connectivity index (χ0n) is 17.8. The predicted molar refractivity (Wildman–Crippen MR) is 114 cm³/mol. The molecule has 0 aliphatic carbocycles. The van der Waals surface area contributed by atoms with Gasteiger partial charge < -0.3 is 40.9 Å². The highest BCUT2D eigenvalue weighted by Gasteiger charge is 2.13. The number of carboxylic acids is 4. The summed E-state index contributed by atoms with van der Waals surface area (Å²) in [5.41, 5.74) is -0.0278. The normalized spacial score (nSPS) is 8.19. The van der Waals surface area contributed by atoms with Crippen LogP contribution >= 0.6 is 0 Å². The summed E-state index contributed by atoms with van der Waals surface area (Å²) in [7, 11) is 0. The van der Waals surface area contributed by atoms with E-state index in [-0.39, 0.29) is 48.7 Å². The van der Waals surface area contributed by atoms with Crippen molar-refractivity contribution in [2.75, 3.05) is 26.4 Å². The molecule has 0 saturated heterocycles. The molecule has 0 fully saturated rings. The Kier molecular flexibility index (Phi) is 26.5. The summed E-state index contributed by atoms with van der Waals surface area (Å²) < 4.78 is 0. The SMILES string of the molecule is C=C(C)C(=O)O.C=C(C)C(=O)O.O=C(O)c1ccccc1C(=O)O.OCCO.OCCO. The summed E-state index contributed by atoms with van der Waals surface area (Å²) >= 11 is 0. The van der Waals surface area contributed by atoms with Crippen LogP contribution in [0.3, 0.4) is 0 Å². The van der Waals surface area contributed by atoms with E-state index in [9.17, 15) is 19.2 Å². The molecular formula is C20H30O12. The summed E-state index contributed by atoms with van der Waals surface area (Å²) in [5, 5.41) is 63.4. The molecular weight excluding hydrogens is 432 g/mol. The van der Waals surface area contributed by atoms with Crippen LogP contribution < -0.4 is 0 Å². The molecule has 0 aliphatic rings. The highest BCUT2D eigenvalue weighted by molar-refractivity contribution is 6.01. The quantitative estimate of drug-likeness (QED) is 0.267. The third-order valence-electron chi connectivity index (χ3n) is 2.32. The number of hydrogen-bond acceptors (Lipinski definition) is 8. The smallest absolute Gasteiger partial charge is 0.336 e. The average molecular weight is 462 g/mol. The third kappa shape index (κ3) is 26.4. The fourth-order valence-electron chi connectivity index (χ4n) is 0.856. The predicted octanol–water partition coefficient (Wildman–Crippen LogP) is 0.319. The van der Waals surface area contributed by atoms with Crippen LogP contribution in [0, 0.1) is 0 Å². The summed E-state index contributed by atoms with van der Waals surface area (Å²) in [4.78, 5) is 40.1. The number of carbonyl (C=O) groups is 4. The van der Waals surface area contributed by atoms with Gasteiger partial charge in [0, 0.05) is 11.1 Å². The largest absolute Gasteiger partial charge is 0.478 e. The Bertz CT molecular complexity index is 636. The van der Waals surface area contributed by atoms with Gasteiger partial charge in [0.2, 0.25) is 0 Å². The molecule has 32 heavy (non-hydrogen) atoms. The highest BCUT2D eigenvalue weighted by atomic mass is 16.4. The molecule has 0 spiro atoms. The molecule has 0 radical (unpaired) electrons. The Morgan fingerprint density at radius 1 is 0.625 bits per heavy atom. The van der Waals surface area contributed by atoms with E-state index in [1.54, 1.807) is 0 Å². The van der Waals surface area contributed by atoms with Crippen molar-refractivity contribution < 1.29 is 60.0 Å². The number of hydrogen-bond donors (Lipinski definition) is 8. The number of aliphatic hydroxyl groups is 4. The first-order valence-corrected chi connectivity index (χ1v) is 8.51. The van der Waals surface area contributed by atoms with Crippen molar-refractivity contribution in [2.24, 2.45) is 0 Å². The van der Waals surface area contributed by atoms with Crippen LogP contribution in [0.4, 0.5) is 0 Å². The lowest BCUT2D eigenvalue weighted by atomic mass is 10.1. The molecule has 8 N–H and O–H groups in total. The van der Waals surface area contributed by atoms with Gasteiger partial charge in [-0.2, -0.15) is 0 Å². The third-order valence-corrected chi connectivity index (χ3v) is 2.32. The van der Waals surface area contributed by atoms with Gasteiger partial charge in [-0.15, -0.1) is 0 Å². The first-order valence-electron chi connectivity index (χ1n) is 8.51. The molecule has 0 aliphatic heterocycles. The Balaban J connectivity index is -0.000000168. The van der Waals surface area contributed by atoms with Crippen molar-refractivity contribution >= 4 is 23.9 Å². The zero-order chi connectivity index (χ0) is 26.3. The number of aliphatic hydroxyl groups excluding tert-OH is 4. The summed E-state index contributed by atoms with van der Waals surface area (Å²) in [6, 6.07) is 5.48. The van der Waals surface area contributed by atoms with Crippen LogP contribution in [0.25, 0.3) is 0 Å². The maximum Gasteiger partial charge on any atom is 0.336 e. The zero-order valence-corrected chi connectivity index (χ0v) is 17.8. The molecule has 0 amide bonds. The summed E-state index contributed by atoms with van der Waals surface area (Å²) in [6.07, 6.45) is 0. The molecule has 0 atom stereocenters. The molecule has 0 bridgehead atoms. The van der Waals surface area contributed by atoms with Gasteiger partial charge in [0.05, 0.1) is 37.6 Å². The second-order valence-electron chi connectivity index (χ2n) is 5.22. The van der Waals surface area contributed by atoms with E-state index in [1.165, 1.54) is 38.1 Å². The molecule has 1 aromatic rings. The monoisotopic (exact) mass is 462 g/mol. The van der Waals surface area contributed by atoms with Gasteiger partial charge in [-0.1, -0.05) is 25.3 Å². The second kappa shape index (κ2) is 23.7. The van der Waals surface area contributed by atoms with Gasteiger partial charge in [-0.25, -0.2) is 19.2 Å². The van der Waals surface area contributed by atoms with Gasteiger partial charge in [0.25, 0.3) is 0 Å². The Morgan fingerprint density at radius 2 is 0.812 bits per heavy atom. The van der Waals surface area contributed by atoms with Crippen molar-refractivity contribution in [3.63, 3.8) is 0 Å². The van der Waals surface area contributed by atoms with Crippen LogP contribution in [0.2, 0.25) is 0 Å². The first kappa shape index (κ1) is 35.8. The van der Waals surface area contributed by atoms with Crippen molar-refractivity contribution in [1.29, 1.82) is 0 Å². The minimum Gasteiger partial charge on any atom is -0.478 e. The van der Waals surface area contributed by atoms with Gasteiger partial charge in [-0.05, 0) is 26.0 Å². The summed E-state index contributed by atoms with van der Waals surface area (Å²) in [5.74, 6) is -4.33. The molecule has 182 valence electrons. The second-order valence-corrected chi connectivity index (χ2v) is 5.22. The van der Waals surface area contributed by atoms with Crippen molar-refractivity contribution in [2.45, 2.75) is 13.8 Å². The first-order chi connectivity index (χ1) is 14.7. The Morgan fingerprint density at radius 3 is 0.906 bits per heavy atom. The van der Waals surface area contributed by atoms with Gasteiger partial charge >= 0.3 is 23.9 Å². The number of aromatic carboxylic acids is 2. The fourth-order valence-corrected chi connectivity index (χ4v) is 0.856. The fraction of sp³-hybridized carbons (Fsp3) is 0.300. The van der Waals surface area contributed by atoms with E-state index < -0.39 is 23.9 Å². The van der Waals surface area contributed by atoms with E-state index in [4.69, 9.17) is 40.9 Å². The number of carboxylic acid groups (broad SMARTS) is 4. The highest BCUT2D eigenvalue weighted by Crippen LogP contribution is 2.07. The minimum absolute atomic E-state index is 0.125. The molecule has 0 aromatic heterocycles. The van der Waals surface area contributed by atoms with E-state index in [2.05, 4.69) is 13.2 Å². The number of benzene rings is 1. The number of aliphatic carboxylic acids is 2. The summed E-state index contributed by atoms with van der Waals surface area (Å²) in [6.45, 7) is 8.70. The lowest BCUT2D eigenvalue weighted by Gasteiger charge is -1.98. The van der Waals surface area contributed by atoms with Crippen molar-refractivity contribution in [3.8, 4) is 0 Å². The van der Waals surface area contributed by atoms with Crippen LogP contribution in [-0.4, -0.2) is 91.2 Å². The molecule has 12 heteroatoms. The van der Waals surface area contributed by atoms with E-state index >= 15 is 0 Å². The van der Waals surface area contributed by atoms with Gasteiger partial charge in [0.15, 0.2) is 0 Å². The molecule has 12 nitrogen and oxygen atoms in total. The Labute approximate surface area is 184 Å². The van der Waals surface area contributed by atoms with E-state index in [0.717, 1.165) is 0 Å². The maximum atomic E-state index is 10.5. The van der Waals surface area contributed by atoms with Crippen LogP contribution in [0.5, 0.6) is 0 Å². The average Bonchev–Trinajstić information content (AvgIpc) is 2.74. The molecule has 1 aromatic carbocycles. The topological polar surface area (TPSA) is 230 Å². The molecule has 1 rings (SSSR count). The van der Waals surface area contributed by atoms with E-state index in [1.807, 2.05) is 0 Å². The molecule has 0 heterocycles. The Hall–Kier alpha value is -3.58. The van der Waals surface area contributed by atoms with Crippen molar-refractivity contribution in [1.82, 2.24) is 0 Å². The standard InChI is InChI=1S/C8H6O4.2C4H6O2.2C2H6O2/c9-7(10)5-3-1-2-4-6(5)8(11)12;2*1-3(2)4(5)6;2*3-1-2-4/h1-4H,(H,9,10)(H,11,12);2*1H2,2H3,(H,5,6);2*3-4H,1-2H2. The minimum atomic E-state index is -1.23. The van der Waals surface area contributed by atoms with Crippen LogP contribution in [-0.2, 0) is 9.59 Å². The number of rotatable bonds is 6.